The zero-order valence-electron chi connectivity index (χ0n) is 13.8. The first-order valence-corrected chi connectivity index (χ1v) is 9.10. The third-order valence-corrected chi connectivity index (χ3v) is 5.54. The lowest BCUT2D eigenvalue weighted by Crippen LogP contribution is -2.14. The minimum atomic E-state index is -0.130. The van der Waals surface area contributed by atoms with Crippen LogP contribution >= 0.6 is 11.3 Å². The molecule has 0 saturated carbocycles. The van der Waals surface area contributed by atoms with Crippen molar-refractivity contribution in [1.82, 2.24) is 9.97 Å². The number of nitrogens with zero attached hydrogens (tertiary/aromatic N) is 2. The molecular weight excluding hydrogens is 318 g/mol. The molecule has 0 atom stereocenters. The van der Waals surface area contributed by atoms with Crippen molar-refractivity contribution in [2.24, 2.45) is 0 Å². The number of carbonyl (C=O) groups is 1. The summed E-state index contributed by atoms with van der Waals surface area (Å²) in [5, 5.41) is 4.66. The SMILES string of the molecule is Cc1ccc2nc(C)c(C(=O)Nc3nc4c(s3)CCCC4)cc2c1. The lowest BCUT2D eigenvalue weighted by Gasteiger charge is -2.07. The van der Waals surface area contributed by atoms with Crippen LogP contribution in [-0.4, -0.2) is 15.9 Å². The van der Waals surface area contributed by atoms with Crippen LogP contribution in [0.4, 0.5) is 5.13 Å². The maximum absolute atomic E-state index is 12.7. The Morgan fingerprint density at radius 3 is 2.79 bits per heavy atom. The molecule has 0 bridgehead atoms. The molecule has 0 unspecified atom stereocenters. The summed E-state index contributed by atoms with van der Waals surface area (Å²) < 4.78 is 0. The molecule has 4 nitrogen and oxygen atoms in total. The molecule has 0 aliphatic heterocycles. The number of thiazole rings is 1. The molecule has 2 heterocycles. The van der Waals surface area contributed by atoms with E-state index in [4.69, 9.17) is 0 Å². The van der Waals surface area contributed by atoms with Gasteiger partial charge in [0.05, 0.1) is 22.5 Å². The number of hydrogen-bond donors (Lipinski definition) is 1. The van der Waals surface area contributed by atoms with Gasteiger partial charge >= 0.3 is 0 Å². The van der Waals surface area contributed by atoms with Gasteiger partial charge in [0.25, 0.3) is 5.91 Å². The highest BCUT2D eigenvalue weighted by molar-refractivity contribution is 7.15. The maximum Gasteiger partial charge on any atom is 0.259 e. The fraction of sp³-hybridized carbons (Fsp3) is 0.316. The minimum absolute atomic E-state index is 0.130. The largest absolute Gasteiger partial charge is 0.298 e. The van der Waals surface area contributed by atoms with Gasteiger partial charge < -0.3 is 0 Å². The molecule has 1 N–H and O–H groups in total. The van der Waals surface area contributed by atoms with Gasteiger partial charge in [-0.2, -0.15) is 0 Å². The second kappa shape index (κ2) is 5.98. The van der Waals surface area contributed by atoms with Crippen LogP contribution in [0.2, 0.25) is 0 Å². The zero-order chi connectivity index (χ0) is 16.7. The zero-order valence-corrected chi connectivity index (χ0v) is 14.7. The van der Waals surface area contributed by atoms with Crippen LogP contribution in [0.15, 0.2) is 24.3 Å². The molecule has 3 aromatic rings. The van der Waals surface area contributed by atoms with Gasteiger partial charge in [0, 0.05) is 10.3 Å². The van der Waals surface area contributed by atoms with Crippen LogP contribution in [0, 0.1) is 13.8 Å². The molecule has 2 aromatic heterocycles. The van der Waals surface area contributed by atoms with E-state index in [0.717, 1.165) is 40.7 Å². The fourth-order valence-electron chi connectivity index (χ4n) is 3.19. The van der Waals surface area contributed by atoms with Gasteiger partial charge in [0.2, 0.25) is 0 Å². The van der Waals surface area contributed by atoms with Crippen molar-refractivity contribution in [3.8, 4) is 0 Å². The Hall–Kier alpha value is -2.27. The molecule has 0 fully saturated rings. The van der Waals surface area contributed by atoms with Gasteiger partial charge in [-0.25, -0.2) is 4.98 Å². The first-order valence-electron chi connectivity index (χ1n) is 8.28. The number of anilines is 1. The van der Waals surface area contributed by atoms with Crippen molar-refractivity contribution in [3.63, 3.8) is 0 Å². The van der Waals surface area contributed by atoms with Crippen LogP contribution in [0.3, 0.4) is 0 Å². The van der Waals surface area contributed by atoms with Crippen LogP contribution < -0.4 is 5.32 Å². The summed E-state index contributed by atoms with van der Waals surface area (Å²) in [6, 6.07) is 8.01. The highest BCUT2D eigenvalue weighted by atomic mass is 32.1. The number of amides is 1. The summed E-state index contributed by atoms with van der Waals surface area (Å²) in [6.45, 7) is 3.92. The first-order chi connectivity index (χ1) is 11.6. The second-order valence-electron chi connectivity index (χ2n) is 6.37. The molecule has 24 heavy (non-hydrogen) atoms. The lowest BCUT2D eigenvalue weighted by atomic mass is 10.0. The van der Waals surface area contributed by atoms with Gasteiger partial charge in [0.1, 0.15) is 0 Å². The van der Waals surface area contributed by atoms with E-state index in [-0.39, 0.29) is 5.91 Å². The van der Waals surface area contributed by atoms with Crippen molar-refractivity contribution in [2.45, 2.75) is 39.5 Å². The van der Waals surface area contributed by atoms with E-state index in [1.54, 1.807) is 11.3 Å². The van der Waals surface area contributed by atoms with Gasteiger partial charge in [-0.05, 0) is 57.7 Å². The average Bonchev–Trinajstić information content (AvgIpc) is 2.96. The molecule has 0 spiro atoms. The Morgan fingerprint density at radius 1 is 1.12 bits per heavy atom. The normalized spacial score (nSPS) is 13.8. The molecule has 0 radical (unpaired) electrons. The summed E-state index contributed by atoms with van der Waals surface area (Å²) in [5.41, 5.74) is 4.59. The first kappa shape index (κ1) is 15.3. The molecule has 122 valence electrons. The molecule has 1 aromatic carbocycles. The number of fused-ring (bicyclic) bond motifs is 2. The van der Waals surface area contributed by atoms with Crippen LogP contribution in [0.25, 0.3) is 10.9 Å². The predicted molar refractivity (Wildman–Crippen MR) is 97.9 cm³/mol. The Morgan fingerprint density at radius 2 is 1.96 bits per heavy atom. The summed E-state index contributed by atoms with van der Waals surface area (Å²) >= 11 is 1.61. The Kier molecular flexibility index (Phi) is 3.81. The molecule has 4 rings (SSSR count). The smallest absolute Gasteiger partial charge is 0.259 e. The highest BCUT2D eigenvalue weighted by Gasteiger charge is 2.18. The van der Waals surface area contributed by atoms with E-state index in [1.165, 1.54) is 17.7 Å². The molecular formula is C19H19N3OS. The predicted octanol–water partition coefficient (Wildman–Crippen LogP) is 4.44. The number of benzene rings is 1. The van der Waals surface area contributed by atoms with Crippen molar-refractivity contribution in [1.29, 1.82) is 0 Å². The summed E-state index contributed by atoms with van der Waals surface area (Å²) in [5.74, 6) is -0.130. The Balaban J connectivity index is 1.65. The maximum atomic E-state index is 12.7. The number of aromatic nitrogens is 2. The monoisotopic (exact) mass is 337 g/mol. The van der Waals surface area contributed by atoms with Crippen LogP contribution in [-0.2, 0) is 12.8 Å². The minimum Gasteiger partial charge on any atom is -0.298 e. The number of hydrogen-bond acceptors (Lipinski definition) is 4. The van der Waals surface area contributed by atoms with Crippen LogP contribution in [0.1, 0.15) is 45.0 Å². The molecule has 5 heteroatoms. The third-order valence-electron chi connectivity index (χ3n) is 4.47. The summed E-state index contributed by atoms with van der Waals surface area (Å²) in [6.07, 6.45) is 4.52. The topological polar surface area (TPSA) is 54.9 Å². The van der Waals surface area contributed by atoms with E-state index in [0.29, 0.717) is 10.7 Å². The van der Waals surface area contributed by atoms with Gasteiger partial charge in [0.15, 0.2) is 5.13 Å². The number of nitrogens with one attached hydrogen (secondary N) is 1. The number of carbonyl (C=O) groups excluding carboxylic acids is 1. The molecule has 0 saturated heterocycles. The molecule has 1 amide bonds. The van der Waals surface area contributed by atoms with Crippen molar-refractivity contribution >= 4 is 33.3 Å². The van der Waals surface area contributed by atoms with Gasteiger partial charge in [-0.1, -0.05) is 11.6 Å². The molecule has 1 aliphatic carbocycles. The van der Waals surface area contributed by atoms with Crippen molar-refractivity contribution < 1.29 is 4.79 Å². The third kappa shape index (κ3) is 2.80. The van der Waals surface area contributed by atoms with Crippen molar-refractivity contribution in [3.05, 3.63) is 51.7 Å². The van der Waals surface area contributed by atoms with E-state index >= 15 is 0 Å². The summed E-state index contributed by atoms with van der Waals surface area (Å²) in [7, 11) is 0. The standard InChI is InChI=1S/C19H19N3OS/c1-11-7-8-15-13(9-11)10-14(12(2)20-15)18(23)22-19-21-16-5-3-4-6-17(16)24-19/h7-10H,3-6H2,1-2H3,(H,21,22,23). The summed E-state index contributed by atoms with van der Waals surface area (Å²) in [4.78, 5) is 23.2. The molecule has 1 aliphatic rings. The van der Waals surface area contributed by atoms with Crippen molar-refractivity contribution in [2.75, 3.05) is 5.32 Å². The number of aryl methyl sites for hydroxylation is 4. The number of pyridine rings is 1. The van der Waals surface area contributed by atoms with E-state index in [9.17, 15) is 4.79 Å². The van der Waals surface area contributed by atoms with E-state index in [1.807, 2.05) is 32.0 Å². The van der Waals surface area contributed by atoms with E-state index < -0.39 is 0 Å². The Bertz CT molecular complexity index is 922. The lowest BCUT2D eigenvalue weighted by molar-refractivity contribution is 0.102. The van der Waals surface area contributed by atoms with Crippen LogP contribution in [0.5, 0.6) is 0 Å². The second-order valence-corrected chi connectivity index (χ2v) is 7.45. The van der Waals surface area contributed by atoms with Gasteiger partial charge in [-0.15, -0.1) is 11.3 Å². The quantitative estimate of drug-likeness (QED) is 0.752. The van der Waals surface area contributed by atoms with E-state index in [2.05, 4.69) is 21.4 Å². The fourth-order valence-corrected chi connectivity index (χ4v) is 4.24. The van der Waals surface area contributed by atoms with Gasteiger partial charge in [-0.3, -0.25) is 15.1 Å². The highest BCUT2D eigenvalue weighted by Crippen LogP contribution is 2.30. The Labute approximate surface area is 145 Å². The number of rotatable bonds is 2. The average molecular weight is 337 g/mol.